The third kappa shape index (κ3) is 2.52. The molecule has 1 rings (SSSR count). The van der Waals surface area contributed by atoms with Crippen molar-refractivity contribution in [3.8, 4) is 0 Å². The van der Waals surface area contributed by atoms with Gasteiger partial charge in [-0.2, -0.15) is 0 Å². The molecule has 2 N–H and O–H groups in total. The van der Waals surface area contributed by atoms with E-state index in [-0.39, 0.29) is 18.0 Å². The van der Waals surface area contributed by atoms with Crippen molar-refractivity contribution in [2.24, 2.45) is 0 Å². The van der Waals surface area contributed by atoms with Crippen LogP contribution in [0, 0.1) is 5.82 Å². The molecule has 0 aliphatic rings. The lowest BCUT2D eigenvalue weighted by Gasteiger charge is -2.31. The van der Waals surface area contributed by atoms with E-state index in [2.05, 4.69) is 10.3 Å². The first-order valence-electron chi connectivity index (χ1n) is 5.10. The Balaban J connectivity index is 3.02. The molecule has 1 aromatic rings. The van der Waals surface area contributed by atoms with Crippen LogP contribution in [-0.4, -0.2) is 23.7 Å². The fourth-order valence-electron chi connectivity index (χ4n) is 1.77. The molecule has 0 fully saturated rings. The van der Waals surface area contributed by atoms with Crippen LogP contribution in [0.5, 0.6) is 0 Å². The predicted molar refractivity (Wildman–Crippen MR) is 56.9 cm³/mol. The normalized spacial score (nSPS) is 14.9. The van der Waals surface area contributed by atoms with E-state index in [9.17, 15) is 4.39 Å². The first-order chi connectivity index (χ1) is 7.18. The summed E-state index contributed by atoms with van der Waals surface area (Å²) < 4.78 is 12.7. The van der Waals surface area contributed by atoms with Crippen LogP contribution in [0.4, 0.5) is 4.39 Å². The zero-order valence-electron chi connectivity index (χ0n) is 9.13. The van der Waals surface area contributed by atoms with E-state index in [1.165, 1.54) is 12.3 Å². The van der Waals surface area contributed by atoms with Gasteiger partial charge in [0.1, 0.15) is 5.82 Å². The summed E-state index contributed by atoms with van der Waals surface area (Å²) in [6.45, 7) is 2.09. The summed E-state index contributed by atoms with van der Waals surface area (Å²) in [7, 11) is 1.82. The zero-order valence-corrected chi connectivity index (χ0v) is 9.13. The van der Waals surface area contributed by atoms with E-state index in [1.54, 1.807) is 6.07 Å². The molecule has 1 unspecified atom stereocenters. The number of pyridine rings is 1. The predicted octanol–water partition coefficient (Wildman–Crippen LogP) is 1.43. The van der Waals surface area contributed by atoms with Crippen LogP contribution in [0.25, 0.3) is 0 Å². The summed E-state index contributed by atoms with van der Waals surface area (Å²) in [4.78, 5) is 4.06. The number of hydrogen-bond donors (Lipinski definition) is 2. The second kappa shape index (κ2) is 5.19. The van der Waals surface area contributed by atoms with Crippen LogP contribution < -0.4 is 5.32 Å². The Hall–Kier alpha value is -1.00. The Kier molecular flexibility index (Phi) is 4.17. The minimum atomic E-state index is -0.359. The van der Waals surface area contributed by atoms with Gasteiger partial charge in [-0.3, -0.25) is 4.98 Å². The van der Waals surface area contributed by atoms with Crippen molar-refractivity contribution in [1.82, 2.24) is 10.3 Å². The molecule has 3 nitrogen and oxygen atoms in total. The van der Waals surface area contributed by atoms with Crippen molar-refractivity contribution in [2.45, 2.75) is 25.3 Å². The molecular formula is C11H17FN2O. The van der Waals surface area contributed by atoms with Crippen LogP contribution in [-0.2, 0) is 5.54 Å². The Bertz CT molecular complexity index is 296. The lowest BCUT2D eigenvalue weighted by atomic mass is 9.88. The van der Waals surface area contributed by atoms with Gasteiger partial charge in [0.2, 0.25) is 0 Å². The van der Waals surface area contributed by atoms with Gasteiger partial charge >= 0.3 is 0 Å². The zero-order chi connectivity index (χ0) is 11.3. The van der Waals surface area contributed by atoms with Crippen molar-refractivity contribution in [3.63, 3.8) is 0 Å². The fraction of sp³-hybridized carbons (Fsp3) is 0.545. The number of aliphatic hydroxyl groups is 1. The lowest BCUT2D eigenvalue weighted by molar-refractivity contribution is 0.208. The molecule has 0 radical (unpaired) electrons. The van der Waals surface area contributed by atoms with Crippen LogP contribution in [0.3, 0.4) is 0 Å². The van der Waals surface area contributed by atoms with E-state index >= 15 is 0 Å². The van der Waals surface area contributed by atoms with Crippen LogP contribution in [0.15, 0.2) is 18.3 Å². The molecule has 84 valence electrons. The third-order valence-electron chi connectivity index (χ3n) is 2.84. The average Bonchev–Trinajstić information content (AvgIpc) is 2.27. The number of nitrogens with zero attached hydrogens (tertiary/aromatic N) is 1. The Morgan fingerprint density at radius 3 is 2.67 bits per heavy atom. The van der Waals surface area contributed by atoms with Crippen molar-refractivity contribution >= 4 is 0 Å². The van der Waals surface area contributed by atoms with Crippen LogP contribution in [0.2, 0.25) is 0 Å². The minimum absolute atomic E-state index is 0.0771. The van der Waals surface area contributed by atoms with Gasteiger partial charge in [0, 0.05) is 6.61 Å². The monoisotopic (exact) mass is 212 g/mol. The topological polar surface area (TPSA) is 45.1 Å². The van der Waals surface area contributed by atoms with Gasteiger partial charge in [0.25, 0.3) is 0 Å². The quantitative estimate of drug-likeness (QED) is 0.776. The van der Waals surface area contributed by atoms with E-state index in [4.69, 9.17) is 5.11 Å². The molecular weight excluding hydrogens is 195 g/mol. The molecule has 1 aromatic heterocycles. The second-order valence-electron chi connectivity index (χ2n) is 3.52. The van der Waals surface area contributed by atoms with Gasteiger partial charge in [0.15, 0.2) is 0 Å². The van der Waals surface area contributed by atoms with E-state index in [0.717, 1.165) is 12.1 Å². The molecule has 0 saturated heterocycles. The maximum atomic E-state index is 12.7. The molecule has 0 spiro atoms. The van der Waals surface area contributed by atoms with Crippen molar-refractivity contribution in [2.75, 3.05) is 13.7 Å². The summed E-state index contributed by atoms with van der Waals surface area (Å²) in [5.41, 5.74) is 0.408. The summed E-state index contributed by atoms with van der Waals surface area (Å²) in [5.74, 6) is -0.344. The molecule has 0 amide bonds. The Morgan fingerprint density at radius 1 is 1.53 bits per heavy atom. The Labute approximate surface area is 89.4 Å². The van der Waals surface area contributed by atoms with Crippen molar-refractivity contribution in [1.29, 1.82) is 0 Å². The fourth-order valence-corrected chi connectivity index (χ4v) is 1.77. The molecule has 0 aliphatic carbocycles. The molecule has 1 heterocycles. The molecule has 1 atom stereocenters. The first-order valence-corrected chi connectivity index (χ1v) is 5.10. The molecule has 0 aliphatic heterocycles. The van der Waals surface area contributed by atoms with Gasteiger partial charge in [-0.15, -0.1) is 0 Å². The number of aliphatic hydroxyl groups excluding tert-OH is 1. The molecule has 4 heteroatoms. The van der Waals surface area contributed by atoms with E-state index < -0.39 is 0 Å². The molecule has 0 aromatic carbocycles. The highest BCUT2D eigenvalue weighted by atomic mass is 19.1. The number of hydrogen-bond acceptors (Lipinski definition) is 3. The van der Waals surface area contributed by atoms with Crippen molar-refractivity contribution < 1.29 is 9.50 Å². The van der Waals surface area contributed by atoms with Gasteiger partial charge in [-0.1, -0.05) is 6.92 Å². The number of halogens is 1. The number of rotatable bonds is 5. The summed E-state index contributed by atoms with van der Waals surface area (Å²) >= 11 is 0. The SMILES string of the molecule is CCC(CCO)(NC)c1ccc(F)cn1. The highest BCUT2D eigenvalue weighted by Crippen LogP contribution is 2.26. The van der Waals surface area contributed by atoms with Crippen molar-refractivity contribution in [3.05, 3.63) is 29.8 Å². The highest BCUT2D eigenvalue weighted by Gasteiger charge is 2.29. The standard InChI is InChI=1S/C11H17FN2O/c1-3-11(13-2,6-7-15)10-5-4-9(12)8-14-10/h4-5,8,13,15H,3,6-7H2,1-2H3. The first kappa shape index (κ1) is 12.1. The molecule has 0 bridgehead atoms. The smallest absolute Gasteiger partial charge is 0.141 e. The van der Waals surface area contributed by atoms with E-state index in [0.29, 0.717) is 6.42 Å². The molecule has 15 heavy (non-hydrogen) atoms. The van der Waals surface area contributed by atoms with Gasteiger partial charge < -0.3 is 10.4 Å². The third-order valence-corrected chi connectivity index (χ3v) is 2.84. The lowest BCUT2D eigenvalue weighted by Crippen LogP contribution is -2.41. The summed E-state index contributed by atoms with van der Waals surface area (Å²) in [6, 6.07) is 3.05. The van der Waals surface area contributed by atoms with Gasteiger partial charge in [0.05, 0.1) is 17.4 Å². The maximum absolute atomic E-state index is 12.7. The van der Waals surface area contributed by atoms with Gasteiger partial charge in [-0.05, 0) is 32.0 Å². The van der Waals surface area contributed by atoms with Gasteiger partial charge in [-0.25, -0.2) is 4.39 Å². The number of aromatic nitrogens is 1. The largest absolute Gasteiger partial charge is 0.396 e. The summed E-state index contributed by atoms with van der Waals surface area (Å²) in [6.07, 6.45) is 2.57. The maximum Gasteiger partial charge on any atom is 0.141 e. The second-order valence-corrected chi connectivity index (χ2v) is 3.52. The van der Waals surface area contributed by atoms with Crippen LogP contribution in [0.1, 0.15) is 25.5 Å². The highest BCUT2D eigenvalue weighted by molar-refractivity contribution is 5.16. The summed E-state index contributed by atoms with van der Waals surface area (Å²) in [5, 5.41) is 12.2. The number of nitrogens with one attached hydrogen (secondary N) is 1. The van der Waals surface area contributed by atoms with Crippen LogP contribution >= 0.6 is 0 Å². The minimum Gasteiger partial charge on any atom is -0.396 e. The average molecular weight is 212 g/mol. The molecule has 0 saturated carbocycles. The Morgan fingerprint density at radius 2 is 2.27 bits per heavy atom. The van der Waals surface area contributed by atoms with E-state index in [1.807, 2.05) is 14.0 Å².